The van der Waals surface area contributed by atoms with Crippen molar-refractivity contribution in [2.24, 2.45) is 0 Å². The van der Waals surface area contributed by atoms with Gasteiger partial charge in [-0.3, -0.25) is 4.72 Å². The summed E-state index contributed by atoms with van der Waals surface area (Å²) in [6, 6.07) is 11.1. The monoisotopic (exact) mass is 311 g/mol. The zero-order chi connectivity index (χ0) is 14.8. The predicted molar refractivity (Wildman–Crippen MR) is 79.4 cm³/mol. The molecular formula is C14H14ClNO3S. The molecular weight excluding hydrogens is 298 g/mol. The molecule has 0 amide bonds. The van der Waals surface area contributed by atoms with E-state index in [9.17, 15) is 8.42 Å². The van der Waals surface area contributed by atoms with E-state index < -0.39 is 10.0 Å². The average Bonchev–Trinajstić information content (AvgIpc) is 2.43. The normalized spacial score (nSPS) is 11.3. The highest BCUT2D eigenvalue weighted by molar-refractivity contribution is 7.92. The lowest BCUT2D eigenvalue weighted by atomic mass is 10.2. The van der Waals surface area contributed by atoms with Gasteiger partial charge < -0.3 is 5.11 Å². The lowest BCUT2D eigenvalue weighted by Gasteiger charge is -2.11. The fraction of sp³-hybridized carbons (Fsp3) is 0.143. The summed E-state index contributed by atoms with van der Waals surface area (Å²) >= 11 is 5.87. The molecule has 0 fully saturated rings. The van der Waals surface area contributed by atoms with Crippen LogP contribution in [0.1, 0.15) is 11.1 Å². The second kappa shape index (κ2) is 5.83. The Labute approximate surface area is 123 Å². The van der Waals surface area contributed by atoms with Crippen LogP contribution in [-0.4, -0.2) is 13.5 Å². The number of nitrogens with one attached hydrogen (secondary N) is 1. The number of benzene rings is 2. The van der Waals surface area contributed by atoms with Crippen molar-refractivity contribution in [2.75, 3.05) is 4.72 Å². The molecule has 2 aromatic rings. The van der Waals surface area contributed by atoms with E-state index in [1.165, 1.54) is 12.1 Å². The smallest absolute Gasteiger partial charge is 0.261 e. The Bertz CT molecular complexity index is 712. The fourth-order valence-electron chi connectivity index (χ4n) is 1.68. The summed E-state index contributed by atoms with van der Waals surface area (Å²) in [6.07, 6.45) is 0. The fourth-order valence-corrected chi connectivity index (χ4v) is 2.98. The summed E-state index contributed by atoms with van der Waals surface area (Å²) in [5, 5.41) is 9.42. The Morgan fingerprint density at radius 3 is 2.40 bits per heavy atom. The van der Waals surface area contributed by atoms with Gasteiger partial charge in [0.15, 0.2) is 0 Å². The van der Waals surface area contributed by atoms with Crippen molar-refractivity contribution in [3.05, 3.63) is 58.6 Å². The minimum atomic E-state index is -3.67. The van der Waals surface area contributed by atoms with Gasteiger partial charge in [-0.2, -0.15) is 0 Å². The van der Waals surface area contributed by atoms with Crippen LogP contribution in [-0.2, 0) is 16.6 Å². The third-order valence-corrected chi connectivity index (χ3v) is 4.48. The minimum Gasteiger partial charge on any atom is -0.392 e. The molecule has 0 aliphatic carbocycles. The van der Waals surface area contributed by atoms with Gasteiger partial charge in [0.2, 0.25) is 0 Å². The maximum atomic E-state index is 12.2. The molecule has 0 heterocycles. The molecule has 0 atom stereocenters. The van der Waals surface area contributed by atoms with Crippen molar-refractivity contribution in [2.45, 2.75) is 18.4 Å². The van der Waals surface area contributed by atoms with Crippen molar-refractivity contribution in [1.29, 1.82) is 0 Å². The number of aliphatic hydroxyl groups is 1. The zero-order valence-corrected chi connectivity index (χ0v) is 12.4. The molecule has 106 valence electrons. The van der Waals surface area contributed by atoms with Gasteiger partial charge in [0, 0.05) is 5.02 Å². The van der Waals surface area contributed by atoms with Crippen LogP contribution in [0, 0.1) is 6.92 Å². The Morgan fingerprint density at radius 1 is 1.15 bits per heavy atom. The summed E-state index contributed by atoms with van der Waals surface area (Å²) < 4.78 is 27.0. The molecule has 0 radical (unpaired) electrons. The molecule has 2 rings (SSSR count). The van der Waals surface area contributed by atoms with Gasteiger partial charge in [0.1, 0.15) is 0 Å². The second-order valence-electron chi connectivity index (χ2n) is 4.37. The van der Waals surface area contributed by atoms with Crippen LogP contribution < -0.4 is 4.72 Å². The summed E-state index contributed by atoms with van der Waals surface area (Å²) in [7, 11) is -3.67. The molecule has 4 nitrogen and oxygen atoms in total. The van der Waals surface area contributed by atoms with E-state index in [2.05, 4.69) is 4.72 Å². The second-order valence-corrected chi connectivity index (χ2v) is 6.49. The van der Waals surface area contributed by atoms with E-state index in [1.807, 2.05) is 0 Å². The van der Waals surface area contributed by atoms with Crippen LogP contribution in [0.4, 0.5) is 5.69 Å². The first-order valence-corrected chi connectivity index (χ1v) is 7.77. The van der Waals surface area contributed by atoms with Gasteiger partial charge in [-0.25, -0.2) is 8.42 Å². The molecule has 2 N–H and O–H groups in total. The minimum absolute atomic E-state index is 0.124. The standard InChI is InChI=1S/C14H14ClNO3S/c1-10-2-5-12(15)8-14(10)16-20(18,19)13-6-3-11(9-17)4-7-13/h2-8,16-17H,9H2,1H3. The lowest BCUT2D eigenvalue weighted by molar-refractivity contribution is 0.282. The van der Waals surface area contributed by atoms with Crippen LogP contribution in [0.3, 0.4) is 0 Å². The number of anilines is 1. The first-order chi connectivity index (χ1) is 9.42. The summed E-state index contributed by atoms with van der Waals surface area (Å²) in [5.41, 5.74) is 1.89. The number of hydrogen-bond acceptors (Lipinski definition) is 3. The third-order valence-electron chi connectivity index (χ3n) is 2.86. The molecule has 6 heteroatoms. The van der Waals surface area contributed by atoms with Crippen LogP contribution in [0.5, 0.6) is 0 Å². The van der Waals surface area contributed by atoms with E-state index in [0.717, 1.165) is 5.56 Å². The molecule has 0 aliphatic rings. The summed E-state index contributed by atoms with van der Waals surface area (Å²) in [6.45, 7) is 1.67. The highest BCUT2D eigenvalue weighted by Crippen LogP contribution is 2.23. The molecule has 0 unspecified atom stereocenters. The van der Waals surface area contributed by atoms with Crippen LogP contribution in [0.2, 0.25) is 5.02 Å². The van der Waals surface area contributed by atoms with Crippen LogP contribution in [0.15, 0.2) is 47.4 Å². The quantitative estimate of drug-likeness (QED) is 0.912. The van der Waals surface area contributed by atoms with Gasteiger partial charge in [-0.05, 0) is 42.3 Å². The zero-order valence-electron chi connectivity index (χ0n) is 10.8. The highest BCUT2D eigenvalue weighted by Gasteiger charge is 2.15. The molecule has 0 saturated heterocycles. The van der Waals surface area contributed by atoms with Gasteiger partial charge in [-0.15, -0.1) is 0 Å². The summed E-state index contributed by atoms with van der Waals surface area (Å²) in [5.74, 6) is 0. The SMILES string of the molecule is Cc1ccc(Cl)cc1NS(=O)(=O)c1ccc(CO)cc1. The Hall–Kier alpha value is -1.56. The number of aliphatic hydroxyl groups excluding tert-OH is 1. The number of rotatable bonds is 4. The molecule has 0 aromatic heterocycles. The number of aryl methyl sites for hydroxylation is 1. The van der Waals surface area contributed by atoms with Gasteiger partial charge in [0.05, 0.1) is 17.2 Å². The number of sulfonamides is 1. The Morgan fingerprint density at radius 2 is 1.80 bits per heavy atom. The van der Waals surface area contributed by atoms with Crippen molar-refractivity contribution < 1.29 is 13.5 Å². The van der Waals surface area contributed by atoms with E-state index in [0.29, 0.717) is 16.3 Å². The molecule has 2 aromatic carbocycles. The highest BCUT2D eigenvalue weighted by atomic mass is 35.5. The third kappa shape index (κ3) is 3.30. The Kier molecular flexibility index (Phi) is 4.32. The maximum Gasteiger partial charge on any atom is 0.261 e. The maximum absolute atomic E-state index is 12.2. The lowest BCUT2D eigenvalue weighted by Crippen LogP contribution is -2.13. The van der Waals surface area contributed by atoms with E-state index in [1.54, 1.807) is 37.3 Å². The molecule has 0 spiro atoms. The van der Waals surface area contributed by atoms with Gasteiger partial charge in [-0.1, -0.05) is 29.8 Å². The van der Waals surface area contributed by atoms with Crippen molar-refractivity contribution in [3.8, 4) is 0 Å². The van der Waals surface area contributed by atoms with Gasteiger partial charge >= 0.3 is 0 Å². The van der Waals surface area contributed by atoms with E-state index in [4.69, 9.17) is 16.7 Å². The van der Waals surface area contributed by atoms with Crippen molar-refractivity contribution >= 4 is 27.3 Å². The topological polar surface area (TPSA) is 66.4 Å². The average molecular weight is 312 g/mol. The number of halogens is 1. The predicted octanol–water partition coefficient (Wildman–Crippen LogP) is 2.94. The van der Waals surface area contributed by atoms with Crippen LogP contribution >= 0.6 is 11.6 Å². The van der Waals surface area contributed by atoms with Crippen molar-refractivity contribution in [3.63, 3.8) is 0 Å². The van der Waals surface area contributed by atoms with Crippen molar-refractivity contribution in [1.82, 2.24) is 0 Å². The van der Waals surface area contributed by atoms with E-state index in [-0.39, 0.29) is 11.5 Å². The Balaban J connectivity index is 2.32. The summed E-state index contributed by atoms with van der Waals surface area (Å²) in [4.78, 5) is 0.133. The van der Waals surface area contributed by atoms with Crippen LogP contribution in [0.25, 0.3) is 0 Å². The largest absolute Gasteiger partial charge is 0.392 e. The molecule has 0 bridgehead atoms. The van der Waals surface area contributed by atoms with Gasteiger partial charge in [0.25, 0.3) is 10.0 Å². The first-order valence-electron chi connectivity index (χ1n) is 5.91. The molecule has 0 aliphatic heterocycles. The first kappa shape index (κ1) is 14.8. The molecule has 20 heavy (non-hydrogen) atoms. The number of hydrogen-bond donors (Lipinski definition) is 2. The van der Waals surface area contributed by atoms with E-state index >= 15 is 0 Å². The molecule has 0 saturated carbocycles.